The zero-order valence-electron chi connectivity index (χ0n) is 13.5. The molecule has 0 bridgehead atoms. The Morgan fingerprint density at radius 3 is 2.36 bits per heavy atom. The molecule has 1 rings (SSSR count). The predicted octanol–water partition coefficient (Wildman–Crippen LogP) is 5.66. The van der Waals surface area contributed by atoms with E-state index in [1.807, 2.05) is 0 Å². The van der Waals surface area contributed by atoms with Crippen molar-refractivity contribution in [1.82, 2.24) is 0 Å². The summed E-state index contributed by atoms with van der Waals surface area (Å²) in [5, 5.41) is 11.6. The summed E-state index contributed by atoms with van der Waals surface area (Å²) < 4.78 is 13.4. The van der Waals surface area contributed by atoms with E-state index in [0.717, 1.165) is 19.3 Å². The first-order valence-electron chi connectivity index (χ1n) is 8.26. The molecule has 1 radical (unpaired) electrons. The second-order valence-corrected chi connectivity index (χ2v) is 5.92. The van der Waals surface area contributed by atoms with Gasteiger partial charge in [0.2, 0.25) is 5.54 Å². The minimum absolute atomic E-state index is 0.138. The Kier molecular flexibility index (Phi) is 8.07. The highest BCUT2D eigenvalue weighted by atomic mass is 19.1. The van der Waals surface area contributed by atoms with Gasteiger partial charge in [0, 0.05) is 23.3 Å². The quantitative estimate of drug-likeness (QED) is 0.300. The zero-order chi connectivity index (χ0) is 16.4. The molecule has 0 saturated carbocycles. The van der Waals surface area contributed by atoms with E-state index in [9.17, 15) is 14.5 Å². The fourth-order valence-electron chi connectivity index (χ4n) is 2.85. The number of nitro groups is 1. The van der Waals surface area contributed by atoms with Crippen LogP contribution in [0.3, 0.4) is 0 Å². The monoisotopic (exact) mass is 308 g/mol. The lowest BCUT2D eigenvalue weighted by atomic mass is 9.83. The van der Waals surface area contributed by atoms with Crippen LogP contribution >= 0.6 is 0 Å². The molecule has 3 nitrogen and oxygen atoms in total. The third kappa shape index (κ3) is 5.08. The maximum absolute atomic E-state index is 13.4. The highest BCUT2D eigenvalue weighted by Gasteiger charge is 2.42. The lowest BCUT2D eigenvalue weighted by Crippen LogP contribution is -2.35. The average molecular weight is 308 g/mol. The van der Waals surface area contributed by atoms with E-state index in [1.165, 1.54) is 43.9 Å². The molecule has 0 N–H and O–H groups in total. The molecule has 0 heterocycles. The van der Waals surface area contributed by atoms with Gasteiger partial charge in [-0.15, -0.1) is 0 Å². The number of rotatable bonds is 11. The number of benzene rings is 1. The molecular formula is C18H27FNO2. The lowest BCUT2D eigenvalue weighted by Gasteiger charge is -2.24. The maximum Gasteiger partial charge on any atom is 0.247 e. The summed E-state index contributed by atoms with van der Waals surface area (Å²) >= 11 is 0. The lowest BCUT2D eigenvalue weighted by molar-refractivity contribution is -0.580. The Bertz CT molecular complexity index is 464. The molecule has 0 saturated heterocycles. The van der Waals surface area contributed by atoms with Crippen LogP contribution in [0.2, 0.25) is 0 Å². The highest BCUT2D eigenvalue weighted by Crippen LogP contribution is 2.34. The standard InChI is InChI=1S/C18H27FNO2/c1-3-5-6-7-8-9-10-14-18(4-2,20(21)22)16-12-11-13-17(19)15-16/h11-13,15H,2-10,14H2,1H3. The van der Waals surface area contributed by atoms with Crippen molar-refractivity contribution in [1.29, 1.82) is 0 Å². The normalized spacial score (nSPS) is 13.8. The fraction of sp³-hybridized carbons (Fsp3) is 0.611. The van der Waals surface area contributed by atoms with Gasteiger partial charge >= 0.3 is 0 Å². The first kappa shape index (κ1) is 18.6. The first-order valence-corrected chi connectivity index (χ1v) is 8.26. The summed E-state index contributed by atoms with van der Waals surface area (Å²) in [6.07, 6.45) is 8.30. The van der Waals surface area contributed by atoms with E-state index >= 15 is 0 Å². The second-order valence-electron chi connectivity index (χ2n) is 5.92. The molecule has 1 aromatic rings. The Balaban J connectivity index is 2.63. The number of hydrogen-bond acceptors (Lipinski definition) is 2. The van der Waals surface area contributed by atoms with E-state index in [2.05, 4.69) is 13.8 Å². The summed E-state index contributed by atoms with van der Waals surface area (Å²) in [6.45, 7) is 5.94. The highest BCUT2D eigenvalue weighted by molar-refractivity contribution is 5.23. The molecule has 22 heavy (non-hydrogen) atoms. The Hall–Kier alpha value is -1.45. The molecule has 0 aliphatic rings. The topological polar surface area (TPSA) is 43.1 Å². The van der Waals surface area contributed by atoms with Crippen LogP contribution in [0, 0.1) is 22.9 Å². The van der Waals surface area contributed by atoms with Crippen molar-refractivity contribution in [3.63, 3.8) is 0 Å². The van der Waals surface area contributed by atoms with Gasteiger partial charge in [-0.3, -0.25) is 10.1 Å². The molecule has 0 aliphatic heterocycles. The largest absolute Gasteiger partial charge is 0.264 e. The third-order valence-corrected chi connectivity index (χ3v) is 4.32. The van der Waals surface area contributed by atoms with Crippen LogP contribution in [-0.4, -0.2) is 4.92 Å². The minimum Gasteiger partial charge on any atom is -0.264 e. The van der Waals surface area contributed by atoms with Gasteiger partial charge in [-0.2, -0.15) is 0 Å². The van der Waals surface area contributed by atoms with Crippen LogP contribution in [0.15, 0.2) is 24.3 Å². The smallest absolute Gasteiger partial charge is 0.247 e. The molecule has 0 fully saturated rings. The van der Waals surface area contributed by atoms with E-state index < -0.39 is 11.4 Å². The second kappa shape index (κ2) is 9.54. The molecule has 0 aromatic heterocycles. The van der Waals surface area contributed by atoms with Crippen molar-refractivity contribution >= 4 is 0 Å². The molecule has 4 heteroatoms. The number of nitrogens with zero attached hydrogens (tertiary/aromatic N) is 1. The molecule has 0 amide bonds. The minimum atomic E-state index is -1.26. The average Bonchev–Trinajstić information content (AvgIpc) is 2.50. The summed E-state index contributed by atoms with van der Waals surface area (Å²) in [5.41, 5.74) is -0.829. The Labute approximate surface area is 133 Å². The number of hydrogen-bond donors (Lipinski definition) is 0. The molecule has 123 valence electrons. The van der Waals surface area contributed by atoms with Crippen molar-refractivity contribution in [3.8, 4) is 0 Å². The molecule has 1 aromatic carbocycles. The molecule has 1 unspecified atom stereocenters. The molecule has 1 atom stereocenters. The number of halogens is 1. The molecule has 0 aliphatic carbocycles. The summed E-state index contributed by atoms with van der Waals surface area (Å²) in [6, 6.07) is 5.75. The van der Waals surface area contributed by atoms with Crippen molar-refractivity contribution in [2.75, 3.05) is 0 Å². The Morgan fingerprint density at radius 1 is 1.18 bits per heavy atom. The fourth-order valence-corrected chi connectivity index (χ4v) is 2.85. The summed E-state index contributed by atoms with van der Waals surface area (Å²) in [4.78, 5) is 11.3. The Morgan fingerprint density at radius 2 is 1.82 bits per heavy atom. The van der Waals surface area contributed by atoms with Crippen LogP contribution < -0.4 is 0 Å². The summed E-state index contributed by atoms with van der Waals surface area (Å²) in [7, 11) is 0. The van der Waals surface area contributed by atoms with Crippen LogP contribution in [0.25, 0.3) is 0 Å². The van der Waals surface area contributed by atoms with E-state index in [-0.39, 0.29) is 11.3 Å². The first-order chi connectivity index (χ1) is 10.6. The van der Waals surface area contributed by atoms with Crippen LogP contribution in [0.1, 0.15) is 70.3 Å². The van der Waals surface area contributed by atoms with Crippen molar-refractivity contribution < 1.29 is 9.31 Å². The third-order valence-electron chi connectivity index (χ3n) is 4.32. The van der Waals surface area contributed by atoms with Crippen LogP contribution in [0.4, 0.5) is 4.39 Å². The number of unbranched alkanes of at least 4 members (excludes halogenated alkanes) is 6. The van der Waals surface area contributed by atoms with Gasteiger partial charge in [0.05, 0.1) is 0 Å². The van der Waals surface area contributed by atoms with Gasteiger partial charge in [0.1, 0.15) is 5.82 Å². The van der Waals surface area contributed by atoms with Gasteiger partial charge in [-0.1, -0.05) is 57.6 Å². The van der Waals surface area contributed by atoms with E-state index in [1.54, 1.807) is 6.07 Å². The summed E-state index contributed by atoms with van der Waals surface area (Å²) in [5.74, 6) is -0.434. The van der Waals surface area contributed by atoms with Gasteiger partial charge in [0.15, 0.2) is 0 Å². The van der Waals surface area contributed by atoms with Gasteiger partial charge < -0.3 is 0 Å². The molecule has 0 spiro atoms. The van der Waals surface area contributed by atoms with Gasteiger partial charge in [-0.25, -0.2) is 4.39 Å². The SMILES string of the molecule is [CH2]CC(CCCCCCCCC)(c1cccc(F)c1)[N+](=O)[O-]. The predicted molar refractivity (Wildman–Crippen MR) is 87.7 cm³/mol. The van der Waals surface area contributed by atoms with E-state index in [4.69, 9.17) is 0 Å². The van der Waals surface area contributed by atoms with Crippen LogP contribution in [0.5, 0.6) is 0 Å². The van der Waals surface area contributed by atoms with E-state index in [0.29, 0.717) is 12.0 Å². The van der Waals surface area contributed by atoms with Crippen LogP contribution in [-0.2, 0) is 5.54 Å². The van der Waals surface area contributed by atoms with Crippen molar-refractivity contribution in [3.05, 3.63) is 52.7 Å². The maximum atomic E-state index is 13.4. The van der Waals surface area contributed by atoms with Crippen molar-refractivity contribution in [2.45, 2.75) is 70.3 Å². The van der Waals surface area contributed by atoms with Gasteiger partial charge in [0.25, 0.3) is 0 Å². The van der Waals surface area contributed by atoms with Gasteiger partial charge in [-0.05, 0) is 25.5 Å². The zero-order valence-corrected chi connectivity index (χ0v) is 13.5. The molecular weight excluding hydrogens is 281 g/mol. The van der Waals surface area contributed by atoms with Crippen molar-refractivity contribution in [2.24, 2.45) is 0 Å².